The SMILES string of the molecule is CCCCCC(C)C[C@@H](C=O)NC(=O)OC(C)(C)C. The summed E-state index contributed by atoms with van der Waals surface area (Å²) in [5, 5.41) is 2.62. The fourth-order valence-electron chi connectivity index (χ4n) is 1.90. The lowest BCUT2D eigenvalue weighted by atomic mass is 9.96. The first-order valence-corrected chi connectivity index (χ1v) is 7.23. The molecule has 1 amide bonds. The zero-order valence-corrected chi connectivity index (χ0v) is 13.0. The third kappa shape index (κ3) is 10.5. The van der Waals surface area contributed by atoms with Gasteiger partial charge < -0.3 is 14.8 Å². The van der Waals surface area contributed by atoms with E-state index < -0.39 is 17.7 Å². The average molecular weight is 271 g/mol. The predicted octanol–water partition coefficient (Wildman–Crippen LogP) is 3.69. The Kier molecular flexibility index (Phi) is 8.44. The minimum absolute atomic E-state index is 0.427. The zero-order valence-electron chi connectivity index (χ0n) is 13.0. The molecule has 4 nitrogen and oxygen atoms in total. The molecule has 112 valence electrons. The maximum atomic E-state index is 11.6. The van der Waals surface area contributed by atoms with Crippen LogP contribution in [0.15, 0.2) is 0 Å². The topological polar surface area (TPSA) is 55.4 Å². The van der Waals surface area contributed by atoms with Crippen molar-refractivity contribution in [1.29, 1.82) is 0 Å². The molecule has 0 bridgehead atoms. The summed E-state index contributed by atoms with van der Waals surface area (Å²) in [5.74, 6) is 0.427. The van der Waals surface area contributed by atoms with Gasteiger partial charge in [0, 0.05) is 0 Å². The van der Waals surface area contributed by atoms with E-state index in [1.165, 1.54) is 19.3 Å². The van der Waals surface area contributed by atoms with Crippen molar-refractivity contribution in [2.75, 3.05) is 0 Å². The summed E-state index contributed by atoms with van der Waals surface area (Å²) in [4.78, 5) is 22.6. The van der Waals surface area contributed by atoms with Crippen LogP contribution in [0, 0.1) is 5.92 Å². The number of rotatable bonds is 8. The Bertz CT molecular complexity index is 271. The molecule has 2 atom stereocenters. The zero-order chi connectivity index (χ0) is 14.9. The summed E-state index contributed by atoms with van der Waals surface area (Å²) in [6.07, 6.45) is 5.62. The van der Waals surface area contributed by atoms with Crippen LogP contribution in [0.5, 0.6) is 0 Å². The molecule has 0 heterocycles. The largest absolute Gasteiger partial charge is 0.444 e. The van der Waals surface area contributed by atoms with Gasteiger partial charge in [-0.2, -0.15) is 0 Å². The summed E-state index contributed by atoms with van der Waals surface area (Å²) in [6.45, 7) is 9.69. The number of alkyl carbamates (subject to hydrolysis) is 1. The number of carbonyl (C=O) groups excluding carboxylic acids is 2. The van der Waals surface area contributed by atoms with Crippen LogP contribution in [-0.4, -0.2) is 24.0 Å². The van der Waals surface area contributed by atoms with Crippen LogP contribution >= 0.6 is 0 Å². The van der Waals surface area contributed by atoms with E-state index in [-0.39, 0.29) is 0 Å². The van der Waals surface area contributed by atoms with Gasteiger partial charge in [-0.05, 0) is 33.1 Å². The van der Waals surface area contributed by atoms with Crippen LogP contribution in [0.25, 0.3) is 0 Å². The molecule has 0 aromatic carbocycles. The van der Waals surface area contributed by atoms with E-state index in [9.17, 15) is 9.59 Å². The van der Waals surface area contributed by atoms with Crippen LogP contribution < -0.4 is 5.32 Å². The van der Waals surface area contributed by atoms with Crippen LogP contribution in [0.2, 0.25) is 0 Å². The molecular formula is C15H29NO3. The highest BCUT2D eigenvalue weighted by Gasteiger charge is 2.20. The van der Waals surface area contributed by atoms with Gasteiger partial charge in [0.1, 0.15) is 11.9 Å². The molecular weight excluding hydrogens is 242 g/mol. The molecule has 0 aromatic heterocycles. The Labute approximate surface area is 117 Å². The Hall–Kier alpha value is -1.06. The highest BCUT2D eigenvalue weighted by atomic mass is 16.6. The molecule has 0 radical (unpaired) electrons. The Morgan fingerprint density at radius 1 is 1.32 bits per heavy atom. The molecule has 0 saturated carbocycles. The molecule has 19 heavy (non-hydrogen) atoms. The number of amides is 1. The van der Waals surface area contributed by atoms with Crippen molar-refractivity contribution in [2.24, 2.45) is 5.92 Å². The molecule has 0 spiro atoms. The quantitative estimate of drug-likeness (QED) is 0.541. The number of carbonyl (C=O) groups is 2. The highest BCUT2D eigenvalue weighted by molar-refractivity contribution is 5.73. The van der Waals surface area contributed by atoms with Crippen molar-refractivity contribution in [3.63, 3.8) is 0 Å². The first kappa shape index (κ1) is 17.9. The van der Waals surface area contributed by atoms with Crippen molar-refractivity contribution in [2.45, 2.75) is 78.4 Å². The van der Waals surface area contributed by atoms with E-state index in [2.05, 4.69) is 19.2 Å². The first-order chi connectivity index (χ1) is 8.78. The van der Waals surface area contributed by atoms with Gasteiger partial charge >= 0.3 is 6.09 Å². The Balaban J connectivity index is 4.06. The number of unbranched alkanes of at least 4 members (excludes halogenated alkanes) is 2. The molecule has 0 aliphatic carbocycles. The molecule has 1 unspecified atom stereocenters. The second kappa shape index (κ2) is 8.94. The summed E-state index contributed by atoms with van der Waals surface area (Å²) >= 11 is 0. The number of hydrogen-bond donors (Lipinski definition) is 1. The molecule has 0 aromatic rings. The monoisotopic (exact) mass is 271 g/mol. The lowest BCUT2D eigenvalue weighted by Crippen LogP contribution is -2.40. The number of nitrogens with one attached hydrogen (secondary N) is 1. The second-order valence-electron chi connectivity index (χ2n) is 6.23. The summed E-state index contributed by atoms with van der Waals surface area (Å²) < 4.78 is 5.14. The van der Waals surface area contributed by atoms with Gasteiger partial charge in [-0.25, -0.2) is 4.79 Å². The normalized spacial score (nSPS) is 14.6. The minimum Gasteiger partial charge on any atom is -0.444 e. The summed E-state index contributed by atoms with van der Waals surface area (Å²) in [7, 11) is 0. The van der Waals surface area contributed by atoms with E-state index in [4.69, 9.17) is 4.74 Å². The van der Waals surface area contributed by atoms with E-state index in [1.807, 2.05) is 0 Å². The fourth-order valence-corrected chi connectivity index (χ4v) is 1.90. The molecule has 0 fully saturated rings. The van der Waals surface area contributed by atoms with Gasteiger partial charge in [0.05, 0.1) is 6.04 Å². The molecule has 4 heteroatoms. The standard InChI is InChI=1S/C15H29NO3/c1-6-7-8-9-12(2)10-13(11-17)16-14(18)19-15(3,4)5/h11-13H,6-10H2,1-5H3,(H,16,18)/t12?,13-/m0/s1. The lowest BCUT2D eigenvalue weighted by molar-refractivity contribution is -0.110. The Morgan fingerprint density at radius 2 is 1.95 bits per heavy atom. The highest BCUT2D eigenvalue weighted by Crippen LogP contribution is 2.15. The maximum Gasteiger partial charge on any atom is 0.408 e. The molecule has 0 saturated heterocycles. The predicted molar refractivity (Wildman–Crippen MR) is 77.1 cm³/mol. The van der Waals surface area contributed by atoms with Gasteiger partial charge in [-0.1, -0.05) is 39.5 Å². The molecule has 0 aliphatic rings. The van der Waals surface area contributed by atoms with Crippen LogP contribution in [0.1, 0.15) is 66.7 Å². The minimum atomic E-state index is -0.537. The number of ether oxygens (including phenoxy) is 1. The lowest BCUT2D eigenvalue weighted by Gasteiger charge is -2.22. The summed E-state index contributed by atoms with van der Waals surface area (Å²) in [5.41, 5.74) is -0.537. The van der Waals surface area contributed by atoms with Gasteiger partial charge in [0.15, 0.2) is 0 Å². The van der Waals surface area contributed by atoms with Gasteiger partial charge in [0.2, 0.25) is 0 Å². The summed E-state index contributed by atoms with van der Waals surface area (Å²) in [6, 6.07) is -0.452. The van der Waals surface area contributed by atoms with Crippen molar-refractivity contribution < 1.29 is 14.3 Å². The van der Waals surface area contributed by atoms with Crippen LogP contribution in [0.3, 0.4) is 0 Å². The second-order valence-corrected chi connectivity index (χ2v) is 6.23. The van der Waals surface area contributed by atoms with E-state index >= 15 is 0 Å². The van der Waals surface area contributed by atoms with Crippen molar-refractivity contribution >= 4 is 12.4 Å². The van der Waals surface area contributed by atoms with E-state index in [1.54, 1.807) is 20.8 Å². The third-order valence-electron chi connectivity index (χ3n) is 2.82. The van der Waals surface area contributed by atoms with Crippen LogP contribution in [-0.2, 0) is 9.53 Å². The van der Waals surface area contributed by atoms with Gasteiger partial charge in [0.25, 0.3) is 0 Å². The molecule has 1 N–H and O–H groups in total. The fraction of sp³-hybridized carbons (Fsp3) is 0.867. The van der Waals surface area contributed by atoms with Gasteiger partial charge in [-0.3, -0.25) is 0 Å². The van der Waals surface area contributed by atoms with Crippen LogP contribution in [0.4, 0.5) is 4.79 Å². The first-order valence-electron chi connectivity index (χ1n) is 7.23. The van der Waals surface area contributed by atoms with E-state index in [0.29, 0.717) is 12.3 Å². The third-order valence-corrected chi connectivity index (χ3v) is 2.82. The molecule has 0 aliphatic heterocycles. The number of hydrogen-bond acceptors (Lipinski definition) is 3. The van der Waals surface area contributed by atoms with Crippen molar-refractivity contribution in [1.82, 2.24) is 5.32 Å². The average Bonchev–Trinajstić information content (AvgIpc) is 2.25. The Morgan fingerprint density at radius 3 is 2.42 bits per heavy atom. The maximum absolute atomic E-state index is 11.6. The van der Waals surface area contributed by atoms with Crippen molar-refractivity contribution in [3.8, 4) is 0 Å². The van der Waals surface area contributed by atoms with E-state index in [0.717, 1.165) is 12.7 Å². The molecule has 0 rings (SSSR count). The number of aldehydes is 1. The smallest absolute Gasteiger partial charge is 0.408 e. The van der Waals surface area contributed by atoms with Crippen molar-refractivity contribution in [3.05, 3.63) is 0 Å². The van der Waals surface area contributed by atoms with Gasteiger partial charge in [-0.15, -0.1) is 0 Å².